The molecule has 104 valence electrons. The lowest BCUT2D eigenvalue weighted by atomic mass is 9.77. The highest BCUT2D eigenvalue weighted by molar-refractivity contribution is 6.11. The Morgan fingerprint density at radius 3 is 2.35 bits per heavy atom. The molecule has 1 aliphatic carbocycles. The molecule has 0 bridgehead atoms. The molecule has 0 aliphatic heterocycles. The van der Waals surface area contributed by atoms with Crippen LogP contribution >= 0.6 is 0 Å². The van der Waals surface area contributed by atoms with E-state index in [1.54, 1.807) is 0 Å². The van der Waals surface area contributed by atoms with Crippen molar-refractivity contribution in [3.8, 4) is 0 Å². The van der Waals surface area contributed by atoms with Gasteiger partial charge in [0.05, 0.1) is 5.56 Å². The molecule has 0 amide bonds. The first-order chi connectivity index (χ1) is 9.59. The Morgan fingerprint density at radius 2 is 1.80 bits per heavy atom. The number of hydrogen-bond donors (Lipinski definition) is 0. The second kappa shape index (κ2) is 4.93. The van der Waals surface area contributed by atoms with Crippen molar-refractivity contribution in [2.24, 2.45) is 0 Å². The average Bonchev–Trinajstić information content (AvgIpc) is 2.61. The summed E-state index contributed by atoms with van der Waals surface area (Å²) in [5.74, 6) is 2.24. The van der Waals surface area contributed by atoms with Gasteiger partial charge in [0.15, 0.2) is 5.78 Å². The second-order valence-corrected chi connectivity index (χ2v) is 5.76. The predicted octanol–water partition coefficient (Wildman–Crippen LogP) is 4.70. The van der Waals surface area contributed by atoms with Gasteiger partial charge in [-0.3, -0.25) is 4.79 Å². The van der Waals surface area contributed by atoms with Crippen LogP contribution in [0.25, 0.3) is 0 Å². The Morgan fingerprint density at radius 1 is 1.10 bits per heavy atom. The standard InChI is InChI=1S/C18H20O2/c1-11-12(2)20-13(3)17(11)18(19)16-10-5-4-9-15(16)14-7-6-8-14/h4-5,9-10,14H,6-8H2,1-3H3. The largest absolute Gasteiger partial charge is 0.466 e. The quantitative estimate of drug-likeness (QED) is 0.755. The Hall–Kier alpha value is -1.83. The van der Waals surface area contributed by atoms with E-state index in [0.29, 0.717) is 5.92 Å². The van der Waals surface area contributed by atoms with Crippen LogP contribution in [0.5, 0.6) is 0 Å². The molecule has 1 saturated carbocycles. The van der Waals surface area contributed by atoms with E-state index < -0.39 is 0 Å². The van der Waals surface area contributed by atoms with Crippen molar-refractivity contribution in [2.45, 2.75) is 46.0 Å². The zero-order chi connectivity index (χ0) is 14.3. The molecule has 1 fully saturated rings. The van der Waals surface area contributed by atoms with E-state index in [1.807, 2.05) is 39.0 Å². The lowest BCUT2D eigenvalue weighted by Gasteiger charge is -2.27. The topological polar surface area (TPSA) is 30.2 Å². The van der Waals surface area contributed by atoms with Crippen molar-refractivity contribution >= 4 is 5.78 Å². The lowest BCUT2D eigenvalue weighted by molar-refractivity contribution is 0.103. The highest BCUT2D eigenvalue weighted by Crippen LogP contribution is 2.39. The summed E-state index contributed by atoms with van der Waals surface area (Å²) in [6.45, 7) is 5.75. The van der Waals surface area contributed by atoms with Crippen LogP contribution in [0.3, 0.4) is 0 Å². The molecule has 1 heterocycles. The van der Waals surface area contributed by atoms with Crippen LogP contribution < -0.4 is 0 Å². The van der Waals surface area contributed by atoms with E-state index >= 15 is 0 Å². The maximum Gasteiger partial charge on any atom is 0.197 e. The van der Waals surface area contributed by atoms with Crippen LogP contribution in [0.4, 0.5) is 0 Å². The number of hydrogen-bond acceptors (Lipinski definition) is 2. The molecule has 0 unspecified atom stereocenters. The average molecular weight is 268 g/mol. The number of benzene rings is 1. The van der Waals surface area contributed by atoms with Crippen LogP contribution in [0.1, 0.15) is 63.7 Å². The molecule has 0 atom stereocenters. The SMILES string of the molecule is Cc1oc(C)c(C(=O)c2ccccc2C2CCC2)c1C. The van der Waals surface area contributed by atoms with Gasteiger partial charge in [-0.05, 0) is 45.1 Å². The van der Waals surface area contributed by atoms with Gasteiger partial charge in [0, 0.05) is 11.1 Å². The maximum atomic E-state index is 12.9. The van der Waals surface area contributed by atoms with Gasteiger partial charge in [0.1, 0.15) is 11.5 Å². The van der Waals surface area contributed by atoms with E-state index in [0.717, 1.165) is 28.2 Å². The monoisotopic (exact) mass is 268 g/mol. The van der Waals surface area contributed by atoms with E-state index in [9.17, 15) is 4.79 Å². The maximum absolute atomic E-state index is 12.9. The van der Waals surface area contributed by atoms with Gasteiger partial charge in [0.25, 0.3) is 0 Å². The number of carbonyl (C=O) groups excluding carboxylic acids is 1. The summed E-state index contributed by atoms with van der Waals surface area (Å²) in [4.78, 5) is 12.9. The van der Waals surface area contributed by atoms with Crippen molar-refractivity contribution in [2.75, 3.05) is 0 Å². The molecule has 1 aliphatic rings. The van der Waals surface area contributed by atoms with Gasteiger partial charge in [0.2, 0.25) is 0 Å². The van der Waals surface area contributed by atoms with Crippen LogP contribution in [-0.2, 0) is 0 Å². The zero-order valence-corrected chi connectivity index (χ0v) is 12.3. The molecule has 2 aromatic rings. The Balaban J connectivity index is 2.06. The summed E-state index contributed by atoms with van der Waals surface area (Å²) in [7, 11) is 0. The number of carbonyl (C=O) groups is 1. The van der Waals surface area contributed by atoms with E-state index in [4.69, 9.17) is 4.42 Å². The van der Waals surface area contributed by atoms with Crippen LogP contribution in [0, 0.1) is 20.8 Å². The molecule has 3 rings (SSSR count). The molecule has 0 saturated heterocycles. The van der Waals surface area contributed by atoms with Crippen LogP contribution in [0.15, 0.2) is 28.7 Å². The predicted molar refractivity (Wildman–Crippen MR) is 79.4 cm³/mol. The third-order valence-electron chi connectivity index (χ3n) is 4.54. The summed E-state index contributed by atoms with van der Waals surface area (Å²) in [6.07, 6.45) is 3.68. The zero-order valence-electron chi connectivity index (χ0n) is 12.3. The van der Waals surface area contributed by atoms with Crippen molar-refractivity contribution in [3.05, 3.63) is 58.0 Å². The third kappa shape index (κ3) is 2.00. The summed E-state index contributed by atoms with van der Waals surface area (Å²) in [5, 5.41) is 0. The van der Waals surface area contributed by atoms with Crippen molar-refractivity contribution in [1.29, 1.82) is 0 Å². The minimum absolute atomic E-state index is 0.111. The van der Waals surface area contributed by atoms with Crippen molar-refractivity contribution in [3.63, 3.8) is 0 Å². The van der Waals surface area contributed by atoms with E-state index in [1.165, 1.54) is 24.8 Å². The van der Waals surface area contributed by atoms with Gasteiger partial charge in [-0.15, -0.1) is 0 Å². The molecule has 1 aromatic heterocycles. The molecule has 0 radical (unpaired) electrons. The molecular formula is C18H20O2. The Bertz CT molecular complexity index is 660. The fourth-order valence-corrected chi connectivity index (χ4v) is 3.04. The van der Waals surface area contributed by atoms with Gasteiger partial charge < -0.3 is 4.42 Å². The molecule has 2 nitrogen and oxygen atoms in total. The summed E-state index contributed by atoms with van der Waals surface area (Å²) < 4.78 is 5.61. The number of aryl methyl sites for hydroxylation is 2. The van der Waals surface area contributed by atoms with Gasteiger partial charge in [-0.1, -0.05) is 30.7 Å². The summed E-state index contributed by atoms with van der Waals surface area (Å²) in [5.41, 5.74) is 3.77. The highest BCUT2D eigenvalue weighted by atomic mass is 16.3. The molecule has 0 spiro atoms. The molecule has 0 N–H and O–H groups in total. The van der Waals surface area contributed by atoms with Gasteiger partial charge >= 0.3 is 0 Å². The molecular weight excluding hydrogens is 248 g/mol. The van der Waals surface area contributed by atoms with Crippen LogP contribution in [-0.4, -0.2) is 5.78 Å². The second-order valence-electron chi connectivity index (χ2n) is 5.76. The van der Waals surface area contributed by atoms with Gasteiger partial charge in [-0.25, -0.2) is 0 Å². The first kappa shape index (κ1) is 13.2. The normalized spacial score (nSPS) is 15.2. The Kier molecular flexibility index (Phi) is 3.25. The fourth-order valence-electron chi connectivity index (χ4n) is 3.04. The highest BCUT2D eigenvalue weighted by Gasteiger charge is 2.27. The minimum atomic E-state index is 0.111. The first-order valence-corrected chi connectivity index (χ1v) is 7.29. The molecule has 2 heteroatoms. The van der Waals surface area contributed by atoms with E-state index in [-0.39, 0.29) is 5.78 Å². The summed E-state index contributed by atoms with van der Waals surface area (Å²) in [6, 6.07) is 8.05. The summed E-state index contributed by atoms with van der Waals surface area (Å²) >= 11 is 0. The number of furan rings is 1. The van der Waals surface area contributed by atoms with Crippen LogP contribution in [0.2, 0.25) is 0 Å². The first-order valence-electron chi connectivity index (χ1n) is 7.29. The number of rotatable bonds is 3. The smallest absolute Gasteiger partial charge is 0.197 e. The van der Waals surface area contributed by atoms with E-state index in [2.05, 4.69) is 6.07 Å². The third-order valence-corrected chi connectivity index (χ3v) is 4.54. The fraction of sp³-hybridized carbons (Fsp3) is 0.389. The molecule has 1 aromatic carbocycles. The van der Waals surface area contributed by atoms with Gasteiger partial charge in [-0.2, -0.15) is 0 Å². The van der Waals surface area contributed by atoms with Crippen molar-refractivity contribution in [1.82, 2.24) is 0 Å². The lowest BCUT2D eigenvalue weighted by Crippen LogP contribution is -2.15. The minimum Gasteiger partial charge on any atom is -0.466 e. The Labute approximate surface area is 119 Å². The van der Waals surface area contributed by atoms with Crippen molar-refractivity contribution < 1.29 is 9.21 Å². The molecule has 20 heavy (non-hydrogen) atoms. The number of ketones is 1.